The Labute approximate surface area is 143 Å². The van der Waals surface area contributed by atoms with E-state index in [0.717, 1.165) is 22.3 Å². The normalized spacial score (nSPS) is 18.5. The van der Waals surface area contributed by atoms with Crippen LogP contribution in [-0.2, 0) is 12.8 Å². The molecule has 0 saturated carbocycles. The number of nitrogens with one attached hydrogen (secondary N) is 1. The molecule has 0 spiro atoms. The van der Waals surface area contributed by atoms with Crippen molar-refractivity contribution < 1.29 is 0 Å². The monoisotopic (exact) mass is 381 g/mol. The van der Waals surface area contributed by atoms with Crippen molar-refractivity contribution in [3.05, 3.63) is 63.1 Å². The molecule has 0 aliphatic carbocycles. The van der Waals surface area contributed by atoms with Crippen LogP contribution in [0.4, 0.5) is 0 Å². The molecule has 1 aliphatic heterocycles. The van der Waals surface area contributed by atoms with E-state index in [-0.39, 0.29) is 0 Å². The number of halogens is 2. The van der Waals surface area contributed by atoms with Crippen molar-refractivity contribution in [3.63, 3.8) is 0 Å². The molecule has 3 rings (SSSR count). The van der Waals surface area contributed by atoms with Crippen LogP contribution in [0, 0.1) is 0 Å². The van der Waals surface area contributed by atoms with Crippen molar-refractivity contribution in [1.29, 1.82) is 0 Å². The summed E-state index contributed by atoms with van der Waals surface area (Å²) < 4.78 is 1.03. The van der Waals surface area contributed by atoms with E-state index in [0.29, 0.717) is 11.3 Å². The zero-order chi connectivity index (χ0) is 14.8. The van der Waals surface area contributed by atoms with Gasteiger partial charge < -0.3 is 5.32 Å². The third kappa shape index (κ3) is 3.48. The Morgan fingerprint density at radius 3 is 2.86 bits per heavy atom. The van der Waals surface area contributed by atoms with E-state index in [1.165, 1.54) is 16.0 Å². The van der Waals surface area contributed by atoms with Gasteiger partial charge in [-0.2, -0.15) is 0 Å². The van der Waals surface area contributed by atoms with Crippen molar-refractivity contribution in [3.8, 4) is 0 Å². The second kappa shape index (κ2) is 6.74. The molecule has 110 valence electrons. The molecule has 0 bridgehead atoms. The summed E-state index contributed by atoms with van der Waals surface area (Å²) in [5.41, 5.74) is 2.67. The van der Waals surface area contributed by atoms with Gasteiger partial charge in [0.2, 0.25) is 0 Å². The third-order valence-electron chi connectivity index (χ3n) is 3.95. The fraction of sp³-hybridized carbons (Fsp3) is 0.294. The Bertz CT molecular complexity index is 621. The van der Waals surface area contributed by atoms with Crippen LogP contribution in [0.5, 0.6) is 0 Å². The number of fused-ring (bicyclic) bond motifs is 1. The first-order chi connectivity index (χ1) is 10.2. The third-order valence-corrected chi connectivity index (χ3v) is 6.24. The van der Waals surface area contributed by atoms with Crippen molar-refractivity contribution in [2.45, 2.75) is 29.0 Å². The summed E-state index contributed by atoms with van der Waals surface area (Å²) in [7, 11) is 2.04. The summed E-state index contributed by atoms with van der Waals surface area (Å²) in [6.07, 6.45) is 2.08. The molecule has 0 aromatic heterocycles. The Kier molecular flexibility index (Phi) is 4.95. The second-order valence-corrected chi connectivity index (χ2v) is 7.91. The summed E-state index contributed by atoms with van der Waals surface area (Å²) in [6, 6.07) is 15.3. The summed E-state index contributed by atoms with van der Waals surface area (Å²) >= 11 is 11.8. The molecule has 21 heavy (non-hydrogen) atoms. The van der Waals surface area contributed by atoms with Gasteiger partial charge in [0.15, 0.2) is 0 Å². The summed E-state index contributed by atoms with van der Waals surface area (Å²) in [4.78, 5) is 1.42. The smallest absolute Gasteiger partial charge is 0.0449 e. The minimum absolute atomic E-state index is 0.418. The van der Waals surface area contributed by atoms with Crippen LogP contribution < -0.4 is 5.32 Å². The lowest BCUT2D eigenvalue weighted by Gasteiger charge is -2.23. The Morgan fingerprint density at radius 1 is 1.33 bits per heavy atom. The van der Waals surface area contributed by atoms with Gasteiger partial charge >= 0.3 is 0 Å². The maximum Gasteiger partial charge on any atom is 0.0449 e. The summed E-state index contributed by atoms with van der Waals surface area (Å²) in [6.45, 7) is 0. The lowest BCUT2D eigenvalue weighted by molar-refractivity contribution is 0.537. The SMILES string of the molecule is CNC(Cc1ccc(Br)cc1Cl)C1Cc2ccccc2S1. The number of rotatable bonds is 4. The van der Waals surface area contributed by atoms with Gasteiger partial charge in [-0.3, -0.25) is 0 Å². The fourth-order valence-corrected chi connectivity index (χ4v) is 4.97. The van der Waals surface area contributed by atoms with E-state index in [2.05, 4.69) is 57.6 Å². The average Bonchev–Trinajstić information content (AvgIpc) is 2.90. The standard InChI is InChI=1S/C17H17BrClNS/c1-20-15(8-11-6-7-13(18)10-14(11)19)17-9-12-4-2-3-5-16(12)21-17/h2-7,10,15,17,20H,8-9H2,1H3. The van der Waals surface area contributed by atoms with Crippen LogP contribution >= 0.6 is 39.3 Å². The number of likely N-dealkylation sites (N-methyl/N-ethyl adjacent to an activating group) is 1. The van der Waals surface area contributed by atoms with Crippen molar-refractivity contribution in [2.75, 3.05) is 7.05 Å². The van der Waals surface area contributed by atoms with Gasteiger partial charge in [-0.25, -0.2) is 0 Å². The maximum absolute atomic E-state index is 6.36. The van der Waals surface area contributed by atoms with E-state index < -0.39 is 0 Å². The minimum Gasteiger partial charge on any atom is -0.316 e. The van der Waals surface area contributed by atoms with E-state index in [4.69, 9.17) is 11.6 Å². The highest BCUT2D eigenvalue weighted by Crippen LogP contribution is 2.39. The molecule has 0 saturated heterocycles. The molecule has 1 nitrogen and oxygen atoms in total. The number of thioether (sulfide) groups is 1. The summed E-state index contributed by atoms with van der Waals surface area (Å²) in [5.74, 6) is 0. The van der Waals surface area contributed by atoms with Crippen LogP contribution in [0.1, 0.15) is 11.1 Å². The molecular formula is C17H17BrClNS. The fourth-order valence-electron chi connectivity index (χ4n) is 2.78. The molecule has 0 fully saturated rings. The van der Waals surface area contributed by atoms with E-state index in [1.54, 1.807) is 0 Å². The van der Waals surface area contributed by atoms with Crippen LogP contribution in [0.25, 0.3) is 0 Å². The Balaban J connectivity index is 1.75. The molecule has 2 unspecified atom stereocenters. The largest absolute Gasteiger partial charge is 0.316 e. The van der Waals surface area contributed by atoms with Gasteiger partial charge in [0, 0.05) is 25.7 Å². The zero-order valence-electron chi connectivity index (χ0n) is 11.8. The molecule has 4 heteroatoms. The van der Waals surface area contributed by atoms with Gasteiger partial charge in [-0.05, 0) is 49.2 Å². The molecule has 0 radical (unpaired) electrons. The topological polar surface area (TPSA) is 12.0 Å². The van der Waals surface area contributed by atoms with Crippen LogP contribution in [0.2, 0.25) is 5.02 Å². The molecule has 2 aromatic rings. The first-order valence-electron chi connectivity index (χ1n) is 7.03. The predicted molar refractivity (Wildman–Crippen MR) is 95.5 cm³/mol. The van der Waals surface area contributed by atoms with Crippen LogP contribution in [0.3, 0.4) is 0 Å². The Hall–Kier alpha value is -0.480. The van der Waals surface area contributed by atoms with Gasteiger partial charge in [-0.1, -0.05) is 51.8 Å². The van der Waals surface area contributed by atoms with Crippen molar-refractivity contribution >= 4 is 39.3 Å². The van der Waals surface area contributed by atoms with Crippen molar-refractivity contribution in [2.24, 2.45) is 0 Å². The highest BCUT2D eigenvalue weighted by molar-refractivity contribution is 9.10. The van der Waals surface area contributed by atoms with E-state index in [1.807, 2.05) is 24.9 Å². The first-order valence-corrected chi connectivity index (χ1v) is 9.08. The highest BCUT2D eigenvalue weighted by atomic mass is 79.9. The molecule has 0 amide bonds. The highest BCUT2D eigenvalue weighted by Gasteiger charge is 2.28. The van der Waals surface area contributed by atoms with Crippen molar-refractivity contribution in [1.82, 2.24) is 5.32 Å². The average molecular weight is 383 g/mol. The molecule has 2 atom stereocenters. The lowest BCUT2D eigenvalue weighted by Crippen LogP contribution is -2.37. The van der Waals surface area contributed by atoms with Crippen LogP contribution in [0.15, 0.2) is 51.8 Å². The second-order valence-electron chi connectivity index (χ2n) is 5.30. The van der Waals surface area contributed by atoms with Gasteiger partial charge in [0.25, 0.3) is 0 Å². The Morgan fingerprint density at radius 2 is 2.14 bits per heavy atom. The first kappa shape index (κ1) is 15.4. The van der Waals surface area contributed by atoms with E-state index in [9.17, 15) is 0 Å². The zero-order valence-corrected chi connectivity index (χ0v) is 14.9. The molecule has 1 aliphatic rings. The number of hydrogen-bond acceptors (Lipinski definition) is 2. The molecule has 2 aromatic carbocycles. The predicted octanol–water partition coefficient (Wildman–Crippen LogP) is 4.95. The van der Waals surface area contributed by atoms with E-state index >= 15 is 0 Å². The lowest BCUT2D eigenvalue weighted by atomic mass is 9.99. The quantitative estimate of drug-likeness (QED) is 0.803. The van der Waals surface area contributed by atoms with Crippen LogP contribution in [-0.4, -0.2) is 18.3 Å². The van der Waals surface area contributed by atoms with Gasteiger partial charge in [-0.15, -0.1) is 11.8 Å². The molecule has 1 heterocycles. The molecule has 1 N–H and O–H groups in total. The van der Waals surface area contributed by atoms with Gasteiger partial charge in [0.1, 0.15) is 0 Å². The summed E-state index contributed by atoms with van der Waals surface area (Å²) in [5, 5.41) is 4.88. The number of hydrogen-bond donors (Lipinski definition) is 1. The minimum atomic E-state index is 0.418. The van der Waals surface area contributed by atoms with Gasteiger partial charge in [0.05, 0.1) is 0 Å². The number of benzene rings is 2. The maximum atomic E-state index is 6.36. The molecular weight excluding hydrogens is 366 g/mol.